The molecular formula is C26H27N3O2S. The summed E-state index contributed by atoms with van der Waals surface area (Å²) in [6, 6.07) is 15.4. The molecule has 164 valence electrons. The van der Waals surface area contributed by atoms with Crippen LogP contribution in [0.5, 0.6) is 0 Å². The monoisotopic (exact) mass is 445 g/mol. The highest BCUT2D eigenvalue weighted by molar-refractivity contribution is 7.80. The first-order valence-electron chi connectivity index (χ1n) is 11.6. The van der Waals surface area contributed by atoms with Crippen LogP contribution in [0.2, 0.25) is 0 Å². The fourth-order valence-corrected chi connectivity index (χ4v) is 7.10. The third-order valence-electron chi connectivity index (χ3n) is 7.64. The van der Waals surface area contributed by atoms with Crippen LogP contribution in [-0.4, -0.2) is 16.0 Å². The lowest BCUT2D eigenvalue weighted by Gasteiger charge is -2.56. The first kappa shape index (κ1) is 19.9. The summed E-state index contributed by atoms with van der Waals surface area (Å²) in [5.74, 6) is 3.17. The zero-order valence-corrected chi connectivity index (χ0v) is 18.8. The maximum absolute atomic E-state index is 12.8. The van der Waals surface area contributed by atoms with Crippen molar-refractivity contribution < 1.29 is 9.21 Å². The summed E-state index contributed by atoms with van der Waals surface area (Å²) in [6.45, 7) is 0. The lowest BCUT2D eigenvalue weighted by Crippen LogP contribution is -2.48. The van der Waals surface area contributed by atoms with Crippen molar-refractivity contribution in [3.8, 4) is 11.5 Å². The number of thiocarbonyl (C=S) groups is 1. The fourth-order valence-electron chi connectivity index (χ4n) is 6.87. The van der Waals surface area contributed by atoms with E-state index in [0.29, 0.717) is 17.4 Å². The van der Waals surface area contributed by atoms with Gasteiger partial charge in [-0.05, 0) is 110 Å². The second-order valence-corrected chi connectivity index (χ2v) is 10.6. The van der Waals surface area contributed by atoms with Gasteiger partial charge in [0.15, 0.2) is 10.7 Å². The van der Waals surface area contributed by atoms with Gasteiger partial charge in [0.05, 0.1) is 0 Å². The van der Waals surface area contributed by atoms with Crippen LogP contribution in [0.25, 0.3) is 22.6 Å². The SMILES string of the molecule is O=C(CC12CC3CC(CC(C3)C1)C2)NC(=S)Nc1ccc(-c2nc3ccccc3o2)cc1. The lowest BCUT2D eigenvalue weighted by atomic mass is 9.49. The number of fused-ring (bicyclic) bond motifs is 1. The number of carbonyl (C=O) groups excluding carboxylic acids is 1. The summed E-state index contributed by atoms with van der Waals surface area (Å²) in [6.07, 6.45) is 8.45. The molecule has 32 heavy (non-hydrogen) atoms. The van der Waals surface area contributed by atoms with Gasteiger partial charge in [-0.2, -0.15) is 0 Å². The highest BCUT2D eigenvalue weighted by Gasteiger charge is 2.51. The van der Waals surface area contributed by atoms with Crippen molar-refractivity contribution in [2.45, 2.75) is 44.9 Å². The Morgan fingerprint density at radius 3 is 2.31 bits per heavy atom. The molecule has 2 N–H and O–H groups in total. The number of oxazole rings is 1. The number of carbonyl (C=O) groups is 1. The molecule has 0 atom stereocenters. The molecule has 4 fully saturated rings. The van der Waals surface area contributed by atoms with Crippen LogP contribution in [0.1, 0.15) is 44.9 Å². The molecule has 0 unspecified atom stereocenters. The average molecular weight is 446 g/mol. The smallest absolute Gasteiger partial charge is 0.227 e. The number of rotatable bonds is 4. The molecular weight excluding hydrogens is 418 g/mol. The van der Waals surface area contributed by atoms with Crippen molar-refractivity contribution in [2.24, 2.45) is 23.2 Å². The number of nitrogens with one attached hydrogen (secondary N) is 2. The average Bonchev–Trinajstić information content (AvgIpc) is 3.17. The van der Waals surface area contributed by atoms with Gasteiger partial charge in [-0.1, -0.05) is 12.1 Å². The summed E-state index contributed by atoms with van der Waals surface area (Å²) in [4.78, 5) is 17.3. The highest BCUT2D eigenvalue weighted by atomic mass is 32.1. The topological polar surface area (TPSA) is 67.2 Å². The van der Waals surface area contributed by atoms with E-state index in [1.807, 2.05) is 48.5 Å². The standard InChI is InChI=1S/C26H27N3O2S/c30-23(15-26-12-16-9-17(13-26)11-18(10-16)14-26)29-25(32)27-20-7-5-19(6-8-20)24-28-21-3-1-2-4-22(21)31-24/h1-8,16-18H,9-15H2,(H2,27,29,30,32). The van der Waals surface area contributed by atoms with Crippen molar-refractivity contribution >= 4 is 40.0 Å². The van der Waals surface area contributed by atoms with Crippen molar-refractivity contribution in [3.05, 3.63) is 48.5 Å². The van der Waals surface area contributed by atoms with Crippen molar-refractivity contribution in [3.63, 3.8) is 0 Å². The van der Waals surface area contributed by atoms with Gasteiger partial charge in [0.2, 0.25) is 11.8 Å². The molecule has 1 aromatic heterocycles. The molecule has 3 aromatic rings. The molecule has 2 aromatic carbocycles. The molecule has 0 radical (unpaired) electrons. The Balaban J connectivity index is 1.07. The number of hydrogen-bond donors (Lipinski definition) is 2. The largest absolute Gasteiger partial charge is 0.436 e. The molecule has 1 amide bonds. The van der Waals surface area contributed by atoms with Gasteiger partial charge in [-0.3, -0.25) is 4.79 Å². The Labute approximate surface area is 193 Å². The fraction of sp³-hybridized carbons (Fsp3) is 0.423. The summed E-state index contributed by atoms with van der Waals surface area (Å²) < 4.78 is 5.83. The predicted molar refractivity (Wildman–Crippen MR) is 129 cm³/mol. The van der Waals surface area contributed by atoms with Crippen LogP contribution in [0, 0.1) is 23.2 Å². The van der Waals surface area contributed by atoms with Crippen molar-refractivity contribution in [1.29, 1.82) is 0 Å². The van der Waals surface area contributed by atoms with E-state index in [1.54, 1.807) is 0 Å². The van der Waals surface area contributed by atoms with E-state index in [2.05, 4.69) is 15.6 Å². The summed E-state index contributed by atoms with van der Waals surface area (Å²) in [5, 5.41) is 6.41. The molecule has 0 saturated heterocycles. The Morgan fingerprint density at radius 1 is 1.00 bits per heavy atom. The van der Waals surface area contributed by atoms with Crippen LogP contribution < -0.4 is 10.6 Å². The Bertz CT molecular complexity index is 1110. The Kier molecular flexibility index (Phi) is 4.79. The van der Waals surface area contributed by atoms with Gasteiger partial charge in [0.25, 0.3) is 0 Å². The second kappa shape index (κ2) is 7.69. The molecule has 6 heteroatoms. The van der Waals surface area contributed by atoms with Gasteiger partial charge >= 0.3 is 0 Å². The van der Waals surface area contributed by atoms with Crippen LogP contribution >= 0.6 is 12.2 Å². The van der Waals surface area contributed by atoms with Gasteiger partial charge in [-0.15, -0.1) is 0 Å². The molecule has 0 aliphatic heterocycles. The molecule has 4 aliphatic rings. The van der Waals surface area contributed by atoms with Crippen LogP contribution in [0.15, 0.2) is 52.9 Å². The molecule has 5 nitrogen and oxygen atoms in total. The molecule has 4 bridgehead atoms. The third kappa shape index (κ3) is 3.81. The van der Waals surface area contributed by atoms with E-state index in [-0.39, 0.29) is 11.3 Å². The number of hydrogen-bond acceptors (Lipinski definition) is 4. The quantitative estimate of drug-likeness (QED) is 0.488. The number of amides is 1. The van der Waals surface area contributed by atoms with E-state index < -0.39 is 0 Å². The normalized spacial score (nSPS) is 28.1. The van der Waals surface area contributed by atoms with Crippen LogP contribution in [-0.2, 0) is 4.79 Å². The van der Waals surface area contributed by atoms with E-state index >= 15 is 0 Å². The van der Waals surface area contributed by atoms with Crippen molar-refractivity contribution in [1.82, 2.24) is 10.3 Å². The summed E-state index contributed by atoms with van der Waals surface area (Å²) >= 11 is 5.42. The molecule has 7 rings (SSSR count). The molecule has 1 heterocycles. The lowest BCUT2D eigenvalue weighted by molar-refractivity contribution is -0.127. The minimum absolute atomic E-state index is 0.0487. The number of anilines is 1. The Hall–Kier alpha value is -2.73. The first-order valence-corrected chi connectivity index (χ1v) is 12.0. The zero-order valence-electron chi connectivity index (χ0n) is 18.0. The van der Waals surface area contributed by atoms with E-state index in [0.717, 1.165) is 40.1 Å². The molecule has 4 saturated carbocycles. The van der Waals surface area contributed by atoms with Gasteiger partial charge in [-0.25, -0.2) is 4.98 Å². The molecule has 0 spiro atoms. The van der Waals surface area contributed by atoms with E-state index in [9.17, 15) is 4.79 Å². The third-order valence-corrected chi connectivity index (χ3v) is 7.84. The Morgan fingerprint density at radius 2 is 1.66 bits per heavy atom. The van der Waals surface area contributed by atoms with E-state index in [1.165, 1.54) is 38.5 Å². The number of para-hydroxylation sites is 2. The first-order chi connectivity index (χ1) is 15.5. The summed E-state index contributed by atoms with van der Waals surface area (Å²) in [5.41, 5.74) is 3.55. The maximum atomic E-state index is 12.8. The van der Waals surface area contributed by atoms with Crippen LogP contribution in [0.4, 0.5) is 5.69 Å². The summed E-state index contributed by atoms with van der Waals surface area (Å²) in [7, 11) is 0. The number of aromatic nitrogens is 1. The molecule has 4 aliphatic carbocycles. The van der Waals surface area contributed by atoms with E-state index in [4.69, 9.17) is 16.6 Å². The van der Waals surface area contributed by atoms with Crippen molar-refractivity contribution in [2.75, 3.05) is 5.32 Å². The van der Waals surface area contributed by atoms with Gasteiger partial charge < -0.3 is 15.1 Å². The van der Waals surface area contributed by atoms with Crippen LogP contribution in [0.3, 0.4) is 0 Å². The maximum Gasteiger partial charge on any atom is 0.227 e. The zero-order chi connectivity index (χ0) is 21.7. The minimum Gasteiger partial charge on any atom is -0.436 e. The van der Waals surface area contributed by atoms with Gasteiger partial charge in [0.1, 0.15) is 5.52 Å². The van der Waals surface area contributed by atoms with Gasteiger partial charge in [0, 0.05) is 17.7 Å². The number of benzene rings is 2. The second-order valence-electron chi connectivity index (χ2n) is 10.2. The minimum atomic E-state index is 0.0487. The number of nitrogens with zero attached hydrogens (tertiary/aromatic N) is 1. The highest BCUT2D eigenvalue weighted by Crippen LogP contribution is 2.61. The predicted octanol–water partition coefficient (Wildman–Crippen LogP) is 5.91.